The Morgan fingerprint density at radius 1 is 1.26 bits per heavy atom. The van der Waals surface area contributed by atoms with E-state index in [0.717, 1.165) is 15.6 Å². The van der Waals surface area contributed by atoms with E-state index in [1.807, 2.05) is 19.1 Å². The van der Waals surface area contributed by atoms with Crippen molar-refractivity contribution in [2.24, 2.45) is 0 Å². The normalized spacial score (nSPS) is 12.4. The van der Waals surface area contributed by atoms with Crippen LogP contribution in [-0.2, 0) is 6.54 Å². The van der Waals surface area contributed by atoms with E-state index in [1.165, 1.54) is 12.1 Å². The lowest BCUT2D eigenvalue weighted by Crippen LogP contribution is -2.18. The second kappa shape index (κ2) is 6.17. The van der Waals surface area contributed by atoms with Gasteiger partial charge in [-0.05, 0) is 42.8 Å². The number of nitrogens with one attached hydrogen (secondary N) is 1. The molecule has 2 nitrogen and oxygen atoms in total. The number of aromatic hydroxyl groups is 1. The minimum atomic E-state index is -0.239. The van der Waals surface area contributed by atoms with Crippen molar-refractivity contribution in [2.45, 2.75) is 19.5 Å². The molecule has 0 spiro atoms. The van der Waals surface area contributed by atoms with Crippen molar-refractivity contribution < 1.29 is 9.50 Å². The van der Waals surface area contributed by atoms with E-state index in [1.54, 1.807) is 18.2 Å². The molecule has 2 N–H and O–H groups in total. The molecule has 2 aromatic carbocycles. The molecule has 2 rings (SSSR count). The lowest BCUT2D eigenvalue weighted by Gasteiger charge is -2.15. The van der Waals surface area contributed by atoms with Crippen molar-refractivity contribution in [2.75, 3.05) is 0 Å². The van der Waals surface area contributed by atoms with Crippen LogP contribution >= 0.6 is 15.9 Å². The molecule has 0 fully saturated rings. The third-order valence-electron chi connectivity index (χ3n) is 2.99. The standard InChI is InChI=1S/C15H15BrFNO/c1-10(11-3-2-4-14(17)8-11)18-9-12-7-13(16)5-6-15(12)19/h2-8,10,18-19H,9H2,1H3/t10-/m0/s1. The average molecular weight is 324 g/mol. The number of hydrogen-bond acceptors (Lipinski definition) is 2. The third-order valence-corrected chi connectivity index (χ3v) is 3.48. The van der Waals surface area contributed by atoms with Crippen LogP contribution in [0.5, 0.6) is 5.75 Å². The fourth-order valence-corrected chi connectivity index (χ4v) is 2.26. The van der Waals surface area contributed by atoms with E-state index in [2.05, 4.69) is 21.2 Å². The molecule has 100 valence electrons. The SMILES string of the molecule is C[C@H](NCc1cc(Br)ccc1O)c1cccc(F)c1. The maximum Gasteiger partial charge on any atom is 0.123 e. The Bertz CT molecular complexity index is 574. The Morgan fingerprint density at radius 2 is 2.05 bits per heavy atom. The van der Waals surface area contributed by atoms with E-state index in [4.69, 9.17) is 0 Å². The van der Waals surface area contributed by atoms with E-state index in [0.29, 0.717) is 6.54 Å². The van der Waals surface area contributed by atoms with Gasteiger partial charge in [-0.3, -0.25) is 0 Å². The number of rotatable bonds is 4. The van der Waals surface area contributed by atoms with Crippen LogP contribution in [0.3, 0.4) is 0 Å². The molecule has 0 aromatic heterocycles. The Balaban J connectivity index is 2.04. The van der Waals surface area contributed by atoms with E-state index in [9.17, 15) is 9.50 Å². The summed E-state index contributed by atoms with van der Waals surface area (Å²) in [7, 11) is 0. The molecule has 0 saturated carbocycles. The lowest BCUT2D eigenvalue weighted by molar-refractivity contribution is 0.460. The summed E-state index contributed by atoms with van der Waals surface area (Å²) < 4.78 is 14.1. The Kier molecular flexibility index (Phi) is 4.56. The molecule has 4 heteroatoms. The van der Waals surface area contributed by atoms with Gasteiger partial charge in [-0.2, -0.15) is 0 Å². The summed E-state index contributed by atoms with van der Waals surface area (Å²) in [4.78, 5) is 0. The summed E-state index contributed by atoms with van der Waals surface area (Å²) in [6, 6.07) is 11.8. The number of benzene rings is 2. The summed E-state index contributed by atoms with van der Waals surface area (Å²) in [5.41, 5.74) is 1.69. The van der Waals surface area contributed by atoms with Gasteiger partial charge in [-0.15, -0.1) is 0 Å². The first-order chi connectivity index (χ1) is 9.06. The van der Waals surface area contributed by atoms with Crippen LogP contribution in [0.4, 0.5) is 4.39 Å². The van der Waals surface area contributed by atoms with E-state index < -0.39 is 0 Å². The van der Waals surface area contributed by atoms with Gasteiger partial charge in [0.25, 0.3) is 0 Å². The summed E-state index contributed by atoms with van der Waals surface area (Å²) in [6.07, 6.45) is 0. The molecule has 1 atom stereocenters. The van der Waals surface area contributed by atoms with Crippen LogP contribution in [0, 0.1) is 5.82 Å². The smallest absolute Gasteiger partial charge is 0.123 e. The predicted molar refractivity (Wildman–Crippen MR) is 77.5 cm³/mol. The van der Waals surface area contributed by atoms with Crippen LogP contribution in [0.1, 0.15) is 24.1 Å². The number of phenolic OH excluding ortho intramolecular Hbond substituents is 1. The maximum atomic E-state index is 13.1. The first-order valence-corrected chi connectivity index (χ1v) is 6.82. The molecule has 2 aromatic rings. The number of halogens is 2. The lowest BCUT2D eigenvalue weighted by atomic mass is 10.1. The molecule has 0 saturated heterocycles. The second-order valence-electron chi connectivity index (χ2n) is 4.43. The fraction of sp³-hybridized carbons (Fsp3) is 0.200. The summed E-state index contributed by atoms with van der Waals surface area (Å²) >= 11 is 3.37. The molecular formula is C15H15BrFNO. The number of phenols is 1. The van der Waals surface area contributed by atoms with E-state index in [-0.39, 0.29) is 17.6 Å². The van der Waals surface area contributed by atoms with Crippen molar-refractivity contribution in [3.05, 3.63) is 63.9 Å². The first kappa shape index (κ1) is 14.0. The molecule has 0 unspecified atom stereocenters. The fourth-order valence-electron chi connectivity index (χ4n) is 1.85. The largest absolute Gasteiger partial charge is 0.508 e. The Hall–Kier alpha value is -1.39. The summed E-state index contributed by atoms with van der Waals surface area (Å²) in [5.74, 6) is 0.0126. The molecular weight excluding hydrogens is 309 g/mol. The molecule has 0 amide bonds. The molecule has 0 radical (unpaired) electrons. The van der Waals surface area contributed by atoms with Crippen molar-refractivity contribution in [3.8, 4) is 5.75 Å². The van der Waals surface area contributed by atoms with Gasteiger partial charge in [-0.25, -0.2) is 4.39 Å². The van der Waals surface area contributed by atoms with Crippen LogP contribution in [0.15, 0.2) is 46.9 Å². The molecule has 0 heterocycles. The molecule has 0 aliphatic rings. The topological polar surface area (TPSA) is 32.3 Å². The highest BCUT2D eigenvalue weighted by Gasteiger charge is 2.08. The van der Waals surface area contributed by atoms with Crippen molar-refractivity contribution in [1.29, 1.82) is 0 Å². The first-order valence-electron chi connectivity index (χ1n) is 6.02. The van der Waals surface area contributed by atoms with Crippen molar-refractivity contribution in [1.82, 2.24) is 5.32 Å². The van der Waals surface area contributed by atoms with Gasteiger partial charge in [0.05, 0.1) is 0 Å². The quantitative estimate of drug-likeness (QED) is 0.886. The minimum Gasteiger partial charge on any atom is -0.508 e. The monoisotopic (exact) mass is 323 g/mol. The van der Waals surface area contributed by atoms with Gasteiger partial charge < -0.3 is 10.4 Å². The average Bonchev–Trinajstić information content (AvgIpc) is 2.39. The highest BCUT2D eigenvalue weighted by Crippen LogP contribution is 2.22. The summed E-state index contributed by atoms with van der Waals surface area (Å²) in [6.45, 7) is 2.48. The highest BCUT2D eigenvalue weighted by atomic mass is 79.9. The van der Waals surface area contributed by atoms with Gasteiger partial charge in [0.15, 0.2) is 0 Å². The van der Waals surface area contributed by atoms with Crippen LogP contribution in [0.2, 0.25) is 0 Å². The van der Waals surface area contributed by atoms with Crippen LogP contribution in [-0.4, -0.2) is 5.11 Å². The van der Waals surface area contributed by atoms with Gasteiger partial charge in [0.1, 0.15) is 11.6 Å². The zero-order valence-electron chi connectivity index (χ0n) is 10.5. The van der Waals surface area contributed by atoms with Crippen LogP contribution < -0.4 is 5.32 Å². The molecule has 0 aliphatic carbocycles. The van der Waals surface area contributed by atoms with Crippen LogP contribution in [0.25, 0.3) is 0 Å². The van der Waals surface area contributed by atoms with Crippen molar-refractivity contribution >= 4 is 15.9 Å². The molecule has 0 bridgehead atoms. The highest BCUT2D eigenvalue weighted by molar-refractivity contribution is 9.10. The predicted octanol–water partition coefficient (Wildman–Crippen LogP) is 4.14. The Labute approximate surface area is 120 Å². The molecule has 0 aliphatic heterocycles. The number of hydrogen-bond donors (Lipinski definition) is 2. The summed E-state index contributed by atoms with van der Waals surface area (Å²) in [5, 5.41) is 13.0. The Morgan fingerprint density at radius 3 is 2.79 bits per heavy atom. The zero-order chi connectivity index (χ0) is 13.8. The maximum absolute atomic E-state index is 13.1. The van der Waals surface area contributed by atoms with E-state index >= 15 is 0 Å². The zero-order valence-corrected chi connectivity index (χ0v) is 12.1. The van der Waals surface area contributed by atoms with Crippen molar-refractivity contribution in [3.63, 3.8) is 0 Å². The van der Waals surface area contributed by atoms with Gasteiger partial charge >= 0.3 is 0 Å². The van der Waals surface area contributed by atoms with Gasteiger partial charge in [-0.1, -0.05) is 28.1 Å². The minimum absolute atomic E-state index is 0.00841. The second-order valence-corrected chi connectivity index (χ2v) is 5.35. The van der Waals surface area contributed by atoms with Gasteiger partial charge in [0.2, 0.25) is 0 Å². The third kappa shape index (κ3) is 3.78. The van der Waals surface area contributed by atoms with Gasteiger partial charge in [0, 0.05) is 22.6 Å². The molecule has 19 heavy (non-hydrogen) atoms.